The van der Waals surface area contributed by atoms with Gasteiger partial charge in [-0.25, -0.2) is 13.8 Å². The van der Waals surface area contributed by atoms with Gasteiger partial charge in [0.05, 0.1) is 18.2 Å². The van der Waals surface area contributed by atoms with Crippen molar-refractivity contribution < 1.29 is 8.78 Å². The van der Waals surface area contributed by atoms with E-state index in [0.29, 0.717) is 24.6 Å². The van der Waals surface area contributed by atoms with Gasteiger partial charge < -0.3 is 10.6 Å². The smallest absolute Gasteiger partial charge is 0.191 e. The van der Waals surface area contributed by atoms with Gasteiger partial charge >= 0.3 is 0 Å². The summed E-state index contributed by atoms with van der Waals surface area (Å²) in [6.45, 7) is 3.04. The Kier molecular flexibility index (Phi) is 6.26. The molecule has 24 heavy (non-hydrogen) atoms. The minimum absolute atomic E-state index is 0.119. The first-order valence-electron chi connectivity index (χ1n) is 7.57. The highest BCUT2D eigenvalue weighted by Gasteiger charge is 2.05. The van der Waals surface area contributed by atoms with Gasteiger partial charge in [0.25, 0.3) is 0 Å². The minimum atomic E-state index is -0.483. The number of hydrogen-bond donors (Lipinski definition) is 2. The van der Waals surface area contributed by atoms with Gasteiger partial charge in [-0.05, 0) is 42.8 Å². The Hall–Kier alpha value is -2.94. The summed E-state index contributed by atoms with van der Waals surface area (Å²) in [5.41, 5.74) is 1.69. The third kappa shape index (κ3) is 5.06. The molecule has 0 aromatic heterocycles. The zero-order valence-electron chi connectivity index (χ0n) is 13.3. The van der Waals surface area contributed by atoms with Crippen molar-refractivity contribution in [3.05, 3.63) is 70.8 Å². The maximum Gasteiger partial charge on any atom is 0.191 e. The van der Waals surface area contributed by atoms with Gasteiger partial charge in [-0.2, -0.15) is 5.26 Å². The van der Waals surface area contributed by atoms with Crippen LogP contribution in [-0.2, 0) is 13.1 Å². The molecule has 0 fully saturated rings. The maximum absolute atomic E-state index is 13.6. The molecule has 0 unspecified atom stereocenters. The van der Waals surface area contributed by atoms with Crippen LogP contribution < -0.4 is 10.6 Å². The van der Waals surface area contributed by atoms with Gasteiger partial charge in [-0.1, -0.05) is 12.1 Å². The van der Waals surface area contributed by atoms with Crippen molar-refractivity contribution in [3.63, 3.8) is 0 Å². The number of hydrogen-bond acceptors (Lipinski definition) is 2. The van der Waals surface area contributed by atoms with Gasteiger partial charge in [0.2, 0.25) is 0 Å². The van der Waals surface area contributed by atoms with Crippen LogP contribution in [0.25, 0.3) is 0 Å². The normalized spacial score (nSPS) is 11.0. The third-order valence-electron chi connectivity index (χ3n) is 3.27. The van der Waals surface area contributed by atoms with Gasteiger partial charge in [0, 0.05) is 18.7 Å². The van der Waals surface area contributed by atoms with E-state index in [9.17, 15) is 8.78 Å². The van der Waals surface area contributed by atoms with Gasteiger partial charge in [0.1, 0.15) is 11.6 Å². The molecule has 2 aromatic rings. The Labute approximate surface area is 139 Å². The number of aliphatic imine (C=N–C) groups is 1. The molecular formula is C18H18F2N4. The average molecular weight is 328 g/mol. The van der Waals surface area contributed by atoms with E-state index in [0.717, 1.165) is 23.8 Å². The van der Waals surface area contributed by atoms with Crippen LogP contribution in [0, 0.1) is 23.0 Å². The van der Waals surface area contributed by atoms with Crippen LogP contribution in [0.15, 0.2) is 47.5 Å². The highest BCUT2D eigenvalue weighted by Crippen LogP contribution is 2.09. The lowest BCUT2D eigenvalue weighted by Gasteiger charge is -2.12. The summed E-state index contributed by atoms with van der Waals surface area (Å²) in [6.07, 6.45) is 0. The molecule has 0 aliphatic rings. The number of nitrogens with zero attached hydrogens (tertiary/aromatic N) is 2. The van der Waals surface area contributed by atoms with E-state index >= 15 is 0 Å². The molecule has 0 aliphatic heterocycles. The largest absolute Gasteiger partial charge is 0.357 e. The van der Waals surface area contributed by atoms with Crippen LogP contribution >= 0.6 is 0 Å². The predicted octanol–water partition coefficient (Wildman–Crippen LogP) is 3.09. The third-order valence-corrected chi connectivity index (χ3v) is 3.27. The van der Waals surface area contributed by atoms with Crippen LogP contribution in [0.1, 0.15) is 23.6 Å². The molecule has 0 aliphatic carbocycles. The van der Waals surface area contributed by atoms with Crippen molar-refractivity contribution in [2.24, 2.45) is 4.99 Å². The van der Waals surface area contributed by atoms with Crippen LogP contribution in [0.5, 0.6) is 0 Å². The fourth-order valence-electron chi connectivity index (χ4n) is 2.11. The topological polar surface area (TPSA) is 60.2 Å². The standard InChI is InChI=1S/C18H18F2N4/c1-2-22-18(23-11-14-5-3-4-13(8-14)10-21)24-12-15-9-16(19)6-7-17(15)20/h3-9H,2,11-12H2,1H3,(H2,22,23,24). The molecule has 0 saturated heterocycles. The number of nitrogens with one attached hydrogen (secondary N) is 2. The van der Waals surface area contributed by atoms with E-state index in [1.165, 1.54) is 0 Å². The Morgan fingerprint density at radius 1 is 1.17 bits per heavy atom. The number of benzene rings is 2. The average Bonchev–Trinajstić information content (AvgIpc) is 2.60. The quantitative estimate of drug-likeness (QED) is 0.655. The predicted molar refractivity (Wildman–Crippen MR) is 89.2 cm³/mol. The van der Waals surface area contributed by atoms with E-state index in [1.807, 2.05) is 13.0 Å². The summed E-state index contributed by atoms with van der Waals surface area (Å²) < 4.78 is 26.8. The maximum atomic E-state index is 13.6. The van der Waals surface area contributed by atoms with Crippen molar-refractivity contribution in [1.82, 2.24) is 10.6 Å². The lowest BCUT2D eigenvalue weighted by molar-refractivity contribution is 0.581. The zero-order chi connectivity index (χ0) is 17.4. The summed E-state index contributed by atoms with van der Waals surface area (Å²) in [5.74, 6) is -0.464. The number of guanidine groups is 1. The van der Waals surface area contributed by atoms with Crippen molar-refractivity contribution in [2.45, 2.75) is 20.0 Å². The van der Waals surface area contributed by atoms with E-state index in [1.54, 1.807) is 18.2 Å². The van der Waals surface area contributed by atoms with Crippen molar-refractivity contribution >= 4 is 5.96 Å². The summed E-state index contributed by atoms with van der Waals surface area (Å²) in [4.78, 5) is 4.40. The molecule has 0 spiro atoms. The zero-order valence-corrected chi connectivity index (χ0v) is 13.3. The molecule has 124 valence electrons. The number of rotatable bonds is 5. The molecule has 0 saturated carbocycles. The molecule has 0 atom stereocenters. The lowest BCUT2D eigenvalue weighted by atomic mass is 10.1. The fraction of sp³-hybridized carbons (Fsp3) is 0.222. The Morgan fingerprint density at radius 3 is 2.75 bits per heavy atom. The van der Waals surface area contributed by atoms with Crippen molar-refractivity contribution in [1.29, 1.82) is 5.26 Å². The fourth-order valence-corrected chi connectivity index (χ4v) is 2.11. The molecule has 0 radical (unpaired) electrons. The van der Waals surface area contributed by atoms with Crippen LogP contribution in [0.3, 0.4) is 0 Å². The van der Waals surface area contributed by atoms with Crippen molar-refractivity contribution in [3.8, 4) is 6.07 Å². The summed E-state index contributed by atoms with van der Waals surface area (Å²) in [6, 6.07) is 12.6. The summed E-state index contributed by atoms with van der Waals surface area (Å²) in [5, 5.41) is 14.9. The van der Waals surface area contributed by atoms with Crippen LogP contribution in [0.2, 0.25) is 0 Å². The van der Waals surface area contributed by atoms with Crippen molar-refractivity contribution in [2.75, 3.05) is 6.54 Å². The second kappa shape index (κ2) is 8.63. The molecule has 2 N–H and O–H groups in total. The molecule has 0 amide bonds. The molecule has 2 rings (SSSR count). The van der Waals surface area contributed by atoms with E-state index in [4.69, 9.17) is 5.26 Å². The molecule has 6 heteroatoms. The Balaban J connectivity index is 2.05. The summed E-state index contributed by atoms with van der Waals surface area (Å²) >= 11 is 0. The van der Waals surface area contributed by atoms with E-state index in [-0.39, 0.29) is 12.1 Å². The molecular weight excluding hydrogens is 310 g/mol. The SMILES string of the molecule is CCNC(=NCc1cccc(C#N)c1)NCc1cc(F)ccc1F. The highest BCUT2D eigenvalue weighted by atomic mass is 19.1. The van der Waals surface area contributed by atoms with Gasteiger partial charge in [0.15, 0.2) is 5.96 Å². The first-order valence-corrected chi connectivity index (χ1v) is 7.57. The minimum Gasteiger partial charge on any atom is -0.357 e. The van der Waals surface area contributed by atoms with Crippen LogP contribution in [0.4, 0.5) is 8.78 Å². The second-order valence-corrected chi connectivity index (χ2v) is 5.10. The van der Waals surface area contributed by atoms with Gasteiger partial charge in [-0.15, -0.1) is 0 Å². The van der Waals surface area contributed by atoms with Crippen LogP contribution in [-0.4, -0.2) is 12.5 Å². The van der Waals surface area contributed by atoms with Gasteiger partial charge in [-0.3, -0.25) is 0 Å². The Bertz CT molecular complexity index is 766. The molecule has 0 bridgehead atoms. The first kappa shape index (κ1) is 17.4. The second-order valence-electron chi connectivity index (χ2n) is 5.10. The lowest BCUT2D eigenvalue weighted by Crippen LogP contribution is -2.37. The summed E-state index contributed by atoms with van der Waals surface area (Å²) in [7, 11) is 0. The van der Waals surface area contributed by atoms with E-state index < -0.39 is 11.6 Å². The molecule has 2 aromatic carbocycles. The first-order chi connectivity index (χ1) is 11.6. The Morgan fingerprint density at radius 2 is 2.00 bits per heavy atom. The molecule has 0 heterocycles. The van der Waals surface area contributed by atoms with E-state index in [2.05, 4.69) is 21.7 Å². The monoisotopic (exact) mass is 328 g/mol. The molecule has 4 nitrogen and oxygen atoms in total. The highest BCUT2D eigenvalue weighted by molar-refractivity contribution is 5.79. The number of nitriles is 1. The number of halogens is 2.